The first kappa shape index (κ1) is 22.8. The molecule has 0 unspecified atom stereocenters. The van der Waals surface area contributed by atoms with Gasteiger partial charge < -0.3 is 14.7 Å². The molecule has 0 aliphatic carbocycles. The smallest absolute Gasteiger partial charge is 0.145 e. The van der Waals surface area contributed by atoms with Crippen LogP contribution in [-0.4, -0.2) is 53.7 Å². The van der Waals surface area contributed by atoms with E-state index in [1.807, 2.05) is 38.1 Å². The SMILES string of the molecule is Cc1ccc(C2=NO[C@H](CN(Cc3cccc(Cl)c3)C[C@H](O)COC(C)C)C2)cc1. The zero-order chi connectivity index (χ0) is 21.5. The van der Waals surface area contributed by atoms with E-state index in [2.05, 4.69) is 41.2 Å². The molecule has 0 bridgehead atoms. The molecule has 6 heteroatoms. The van der Waals surface area contributed by atoms with E-state index < -0.39 is 6.10 Å². The first-order valence-electron chi connectivity index (χ1n) is 10.4. The van der Waals surface area contributed by atoms with Gasteiger partial charge in [0, 0.05) is 31.1 Å². The minimum atomic E-state index is -0.578. The molecule has 2 aromatic rings. The fourth-order valence-electron chi connectivity index (χ4n) is 3.48. The Balaban J connectivity index is 1.62. The van der Waals surface area contributed by atoms with Gasteiger partial charge in [-0.05, 0) is 44.0 Å². The van der Waals surface area contributed by atoms with Crippen LogP contribution in [0.3, 0.4) is 0 Å². The standard InChI is InChI=1S/C24H31ClN2O3/c1-17(2)29-16-22(28)14-27(13-19-5-4-6-21(25)11-19)15-23-12-24(26-30-23)20-9-7-18(3)8-10-20/h4-11,17,22-23,28H,12-16H2,1-3H3/t22-,23-/m0/s1. The number of aryl methyl sites for hydroxylation is 1. The summed E-state index contributed by atoms with van der Waals surface area (Å²) in [5, 5.41) is 15.5. The number of hydrogen-bond acceptors (Lipinski definition) is 5. The van der Waals surface area contributed by atoms with Crippen molar-refractivity contribution < 1.29 is 14.7 Å². The van der Waals surface area contributed by atoms with Crippen LogP contribution in [0.4, 0.5) is 0 Å². The summed E-state index contributed by atoms with van der Waals surface area (Å²) >= 11 is 6.16. The highest BCUT2D eigenvalue weighted by molar-refractivity contribution is 6.30. The van der Waals surface area contributed by atoms with Gasteiger partial charge in [-0.1, -0.05) is 58.7 Å². The predicted octanol–water partition coefficient (Wildman–Crippen LogP) is 4.43. The molecule has 0 spiro atoms. The third-order valence-corrected chi connectivity index (χ3v) is 5.20. The maximum absolute atomic E-state index is 10.5. The number of nitrogens with zero attached hydrogens (tertiary/aromatic N) is 2. The van der Waals surface area contributed by atoms with Crippen molar-refractivity contribution in [1.82, 2.24) is 4.90 Å². The summed E-state index contributed by atoms with van der Waals surface area (Å²) in [4.78, 5) is 7.91. The van der Waals surface area contributed by atoms with Crippen molar-refractivity contribution in [2.24, 2.45) is 5.16 Å². The minimum absolute atomic E-state index is 0.0568. The average Bonchev–Trinajstić information content (AvgIpc) is 3.15. The van der Waals surface area contributed by atoms with Crippen LogP contribution < -0.4 is 0 Å². The highest BCUT2D eigenvalue weighted by atomic mass is 35.5. The second-order valence-corrected chi connectivity index (χ2v) is 8.63. The van der Waals surface area contributed by atoms with Gasteiger partial charge in [0.1, 0.15) is 6.10 Å². The van der Waals surface area contributed by atoms with Gasteiger partial charge in [-0.25, -0.2) is 0 Å². The molecule has 0 radical (unpaired) electrons. The molecule has 0 amide bonds. The van der Waals surface area contributed by atoms with Crippen LogP contribution in [0.25, 0.3) is 0 Å². The van der Waals surface area contributed by atoms with Gasteiger partial charge in [0.15, 0.2) is 0 Å². The molecule has 1 aliphatic rings. The molecule has 1 heterocycles. The molecular weight excluding hydrogens is 400 g/mol. The maximum Gasteiger partial charge on any atom is 0.145 e. The van der Waals surface area contributed by atoms with Gasteiger partial charge in [0.05, 0.1) is 24.5 Å². The molecule has 1 aliphatic heterocycles. The van der Waals surface area contributed by atoms with E-state index in [0.29, 0.717) is 31.3 Å². The molecule has 0 saturated heterocycles. The quantitative estimate of drug-likeness (QED) is 0.605. The van der Waals surface area contributed by atoms with Gasteiger partial charge >= 0.3 is 0 Å². The first-order valence-corrected chi connectivity index (χ1v) is 10.8. The van der Waals surface area contributed by atoms with Crippen molar-refractivity contribution in [2.45, 2.75) is 52.0 Å². The summed E-state index contributed by atoms with van der Waals surface area (Å²) < 4.78 is 5.58. The third-order valence-electron chi connectivity index (χ3n) is 4.97. The van der Waals surface area contributed by atoms with Crippen molar-refractivity contribution in [1.29, 1.82) is 0 Å². The van der Waals surface area contributed by atoms with Crippen molar-refractivity contribution in [3.05, 3.63) is 70.2 Å². The Morgan fingerprint density at radius 2 is 2.00 bits per heavy atom. The lowest BCUT2D eigenvalue weighted by Gasteiger charge is -2.27. The molecule has 0 fully saturated rings. The Hall–Kier alpha value is -1.92. The van der Waals surface area contributed by atoms with Crippen LogP contribution in [0.15, 0.2) is 53.7 Å². The van der Waals surface area contributed by atoms with Crippen molar-refractivity contribution >= 4 is 17.3 Å². The highest BCUT2D eigenvalue weighted by Crippen LogP contribution is 2.20. The second-order valence-electron chi connectivity index (χ2n) is 8.20. The van der Waals surface area contributed by atoms with E-state index in [-0.39, 0.29) is 12.2 Å². The largest absolute Gasteiger partial charge is 0.390 e. The lowest BCUT2D eigenvalue weighted by Crippen LogP contribution is -2.39. The predicted molar refractivity (Wildman–Crippen MR) is 121 cm³/mol. The van der Waals surface area contributed by atoms with E-state index in [9.17, 15) is 5.11 Å². The van der Waals surface area contributed by atoms with E-state index >= 15 is 0 Å². The molecule has 0 aromatic heterocycles. The zero-order valence-corrected chi connectivity index (χ0v) is 18.7. The fraction of sp³-hybridized carbons (Fsp3) is 0.458. The Kier molecular flexibility index (Phi) is 8.28. The van der Waals surface area contributed by atoms with E-state index in [1.165, 1.54) is 5.56 Å². The molecule has 0 saturated carbocycles. The zero-order valence-electron chi connectivity index (χ0n) is 17.9. The molecule has 3 rings (SSSR count). The van der Waals surface area contributed by atoms with E-state index in [1.54, 1.807) is 0 Å². The lowest BCUT2D eigenvalue weighted by molar-refractivity contribution is -0.0194. The fourth-order valence-corrected chi connectivity index (χ4v) is 3.70. The summed E-state index contributed by atoms with van der Waals surface area (Å²) in [6.45, 7) is 8.11. The minimum Gasteiger partial charge on any atom is -0.390 e. The summed E-state index contributed by atoms with van der Waals surface area (Å²) in [5.41, 5.74) is 4.37. The summed E-state index contributed by atoms with van der Waals surface area (Å²) in [7, 11) is 0. The molecule has 30 heavy (non-hydrogen) atoms. The maximum atomic E-state index is 10.5. The van der Waals surface area contributed by atoms with Crippen LogP contribution >= 0.6 is 11.6 Å². The number of oxime groups is 1. The van der Waals surface area contributed by atoms with Gasteiger partial charge in [0.25, 0.3) is 0 Å². The van der Waals surface area contributed by atoms with Crippen molar-refractivity contribution in [2.75, 3.05) is 19.7 Å². The van der Waals surface area contributed by atoms with Crippen LogP contribution in [0.5, 0.6) is 0 Å². The number of ether oxygens (including phenoxy) is 1. The second kappa shape index (κ2) is 10.9. The van der Waals surface area contributed by atoms with Gasteiger partial charge in [0.2, 0.25) is 0 Å². The number of halogens is 1. The molecule has 162 valence electrons. The molecule has 2 atom stereocenters. The topological polar surface area (TPSA) is 54.3 Å². The molecule has 5 nitrogen and oxygen atoms in total. The number of benzene rings is 2. The number of aliphatic hydroxyl groups is 1. The Labute approximate surface area is 184 Å². The van der Waals surface area contributed by atoms with Crippen LogP contribution in [0, 0.1) is 6.92 Å². The highest BCUT2D eigenvalue weighted by Gasteiger charge is 2.26. The van der Waals surface area contributed by atoms with Crippen LogP contribution in [0.1, 0.15) is 37.0 Å². The van der Waals surface area contributed by atoms with Gasteiger partial charge in [-0.3, -0.25) is 4.90 Å². The van der Waals surface area contributed by atoms with Gasteiger partial charge in [-0.15, -0.1) is 0 Å². The van der Waals surface area contributed by atoms with E-state index in [4.69, 9.17) is 21.2 Å². The molecule has 2 aromatic carbocycles. The normalized spacial score (nSPS) is 17.3. The van der Waals surface area contributed by atoms with Crippen molar-refractivity contribution in [3.8, 4) is 0 Å². The number of hydrogen-bond donors (Lipinski definition) is 1. The van der Waals surface area contributed by atoms with E-state index in [0.717, 1.165) is 23.3 Å². The number of aliphatic hydroxyl groups excluding tert-OH is 1. The summed E-state index contributed by atoms with van der Waals surface area (Å²) in [5.74, 6) is 0. The Morgan fingerprint density at radius 1 is 1.23 bits per heavy atom. The average molecular weight is 431 g/mol. The first-order chi connectivity index (χ1) is 14.4. The van der Waals surface area contributed by atoms with Crippen molar-refractivity contribution in [3.63, 3.8) is 0 Å². The Bertz CT molecular complexity index is 839. The lowest BCUT2D eigenvalue weighted by atomic mass is 10.0. The monoisotopic (exact) mass is 430 g/mol. The molecule has 1 N–H and O–H groups in total. The number of rotatable bonds is 10. The molecular formula is C24H31ClN2O3. The summed E-state index contributed by atoms with van der Waals surface area (Å²) in [6, 6.07) is 16.1. The Morgan fingerprint density at radius 3 is 2.70 bits per heavy atom. The van der Waals surface area contributed by atoms with Gasteiger partial charge in [-0.2, -0.15) is 0 Å². The van der Waals surface area contributed by atoms with Crippen LogP contribution in [-0.2, 0) is 16.1 Å². The summed E-state index contributed by atoms with van der Waals surface area (Å²) in [6.07, 6.45) is 0.196. The van der Waals surface area contributed by atoms with Crippen LogP contribution in [0.2, 0.25) is 5.02 Å². The third kappa shape index (κ3) is 7.10.